The molecule has 9 nitrogen and oxygen atoms in total. The van der Waals surface area contributed by atoms with Gasteiger partial charge in [0.15, 0.2) is 0 Å². The lowest BCUT2D eigenvalue weighted by Gasteiger charge is -2.36. The van der Waals surface area contributed by atoms with Crippen LogP contribution in [-0.4, -0.2) is 91.8 Å². The first-order chi connectivity index (χ1) is 21.7. The molecule has 2 aromatic carbocycles. The molecule has 0 fully saturated rings. The van der Waals surface area contributed by atoms with E-state index in [-0.39, 0.29) is 42.5 Å². The van der Waals surface area contributed by atoms with Gasteiger partial charge in [-0.15, -0.1) is 0 Å². The number of anilines is 1. The zero-order valence-electron chi connectivity index (χ0n) is 26.6. The Hall–Kier alpha value is -4.02. The molecule has 0 saturated carbocycles. The fraction of sp³-hybridized carbons (Fsp3) is 0.452. The number of rotatable bonds is 13. The molecule has 0 aliphatic heterocycles. The predicted molar refractivity (Wildman–Crippen MR) is 159 cm³/mol. The molecule has 2 atom stereocenters. The number of halogens is 7. The minimum absolute atomic E-state index is 0.0358. The summed E-state index contributed by atoms with van der Waals surface area (Å²) in [6.45, 7) is 1.75. The number of aliphatic hydroxyl groups is 1. The second-order valence-corrected chi connectivity index (χ2v) is 11.7. The number of alkyl halides is 6. The summed E-state index contributed by atoms with van der Waals surface area (Å²) in [5.41, 5.74) is -6.15. The van der Waals surface area contributed by atoms with Crippen LogP contribution in [0.15, 0.2) is 48.7 Å². The molecular weight excluding hydrogens is 639 g/mol. The van der Waals surface area contributed by atoms with Crippen LogP contribution in [0.25, 0.3) is 0 Å². The summed E-state index contributed by atoms with van der Waals surface area (Å²) in [7, 11) is 8.02. The van der Waals surface area contributed by atoms with Crippen LogP contribution in [0.5, 0.6) is 17.6 Å². The molecular formula is C31H36F7N5O4. The Bertz CT molecular complexity index is 1490. The molecule has 47 heavy (non-hydrogen) atoms. The van der Waals surface area contributed by atoms with Gasteiger partial charge in [0, 0.05) is 20.1 Å². The summed E-state index contributed by atoms with van der Waals surface area (Å²) in [6, 6.07) is 5.51. The van der Waals surface area contributed by atoms with Crippen molar-refractivity contribution in [1.29, 1.82) is 0 Å². The van der Waals surface area contributed by atoms with Gasteiger partial charge in [-0.1, -0.05) is 0 Å². The smallest absolute Gasteiger partial charge is 0.416 e. The van der Waals surface area contributed by atoms with E-state index in [2.05, 4.69) is 9.97 Å². The SMILES string of the molecule is CN(C)CCOc1ncc(N(C)C(=O)C(C)(CC(O)CN(C)C)c2cc(C(F)(F)F)cc(C(F)(F)F)c2)c(Oc2ccc(F)cc2)n1. The van der Waals surface area contributed by atoms with Gasteiger partial charge in [0.25, 0.3) is 0 Å². The summed E-state index contributed by atoms with van der Waals surface area (Å²) >= 11 is 0. The van der Waals surface area contributed by atoms with Crippen LogP contribution in [0, 0.1) is 5.82 Å². The van der Waals surface area contributed by atoms with E-state index in [4.69, 9.17) is 9.47 Å². The maximum Gasteiger partial charge on any atom is 0.416 e. The summed E-state index contributed by atoms with van der Waals surface area (Å²) in [5.74, 6) is -1.76. The number of carbonyl (C=O) groups is 1. The monoisotopic (exact) mass is 675 g/mol. The predicted octanol–water partition coefficient (Wildman–Crippen LogP) is 5.62. The molecule has 1 heterocycles. The topological polar surface area (TPSA) is 91.3 Å². The van der Waals surface area contributed by atoms with Crippen molar-refractivity contribution in [2.75, 3.05) is 59.8 Å². The van der Waals surface area contributed by atoms with Crippen LogP contribution in [-0.2, 0) is 22.6 Å². The minimum Gasteiger partial charge on any atom is -0.462 e. The quantitative estimate of drug-likeness (QED) is 0.234. The number of hydrogen-bond donors (Lipinski definition) is 1. The molecule has 0 saturated heterocycles. The van der Waals surface area contributed by atoms with Crippen LogP contribution < -0.4 is 14.4 Å². The lowest BCUT2D eigenvalue weighted by Crippen LogP contribution is -2.47. The van der Waals surface area contributed by atoms with Crippen molar-refractivity contribution in [1.82, 2.24) is 19.8 Å². The number of aromatic nitrogens is 2. The van der Waals surface area contributed by atoms with E-state index in [1.165, 1.54) is 19.2 Å². The van der Waals surface area contributed by atoms with Gasteiger partial charge in [-0.2, -0.15) is 31.3 Å². The minimum atomic E-state index is -5.18. The molecule has 1 N–H and O–H groups in total. The van der Waals surface area contributed by atoms with E-state index in [1.807, 2.05) is 19.0 Å². The Morgan fingerprint density at radius 3 is 1.96 bits per heavy atom. The van der Waals surface area contributed by atoms with Crippen LogP contribution in [0.2, 0.25) is 0 Å². The van der Waals surface area contributed by atoms with Gasteiger partial charge >= 0.3 is 18.4 Å². The third-order valence-electron chi connectivity index (χ3n) is 7.09. The summed E-state index contributed by atoms with van der Waals surface area (Å²) in [4.78, 5) is 27.0. The molecule has 1 aromatic heterocycles. The van der Waals surface area contributed by atoms with E-state index in [1.54, 1.807) is 19.0 Å². The molecule has 0 aliphatic rings. The Morgan fingerprint density at radius 1 is 0.894 bits per heavy atom. The van der Waals surface area contributed by atoms with E-state index < -0.39 is 58.7 Å². The average Bonchev–Trinajstić information content (AvgIpc) is 2.96. The highest BCUT2D eigenvalue weighted by Gasteiger charge is 2.44. The second-order valence-electron chi connectivity index (χ2n) is 11.7. The number of aliphatic hydroxyl groups excluding tert-OH is 1. The molecule has 16 heteroatoms. The van der Waals surface area contributed by atoms with Crippen LogP contribution >= 0.6 is 0 Å². The van der Waals surface area contributed by atoms with Crippen molar-refractivity contribution >= 4 is 11.6 Å². The lowest BCUT2D eigenvalue weighted by molar-refractivity contribution is -0.143. The van der Waals surface area contributed by atoms with Crippen molar-refractivity contribution in [2.45, 2.75) is 37.2 Å². The van der Waals surface area contributed by atoms with Crippen molar-refractivity contribution in [3.05, 3.63) is 71.2 Å². The molecule has 0 bridgehead atoms. The molecule has 1 amide bonds. The first-order valence-corrected chi connectivity index (χ1v) is 14.2. The number of likely N-dealkylation sites (N-methyl/N-ethyl adjacent to an activating group) is 3. The van der Waals surface area contributed by atoms with Crippen molar-refractivity contribution in [3.8, 4) is 17.6 Å². The summed E-state index contributed by atoms with van der Waals surface area (Å²) < 4.78 is 108. The molecule has 0 aliphatic carbocycles. The lowest BCUT2D eigenvalue weighted by atomic mass is 9.75. The zero-order chi connectivity index (χ0) is 35.3. The third kappa shape index (κ3) is 9.98. The number of benzene rings is 2. The number of nitrogens with zero attached hydrogens (tertiary/aromatic N) is 5. The van der Waals surface area contributed by atoms with Crippen molar-refractivity contribution in [2.24, 2.45) is 0 Å². The average molecular weight is 676 g/mol. The van der Waals surface area contributed by atoms with E-state index in [0.717, 1.165) is 30.2 Å². The van der Waals surface area contributed by atoms with Crippen LogP contribution in [0.1, 0.15) is 30.0 Å². The van der Waals surface area contributed by atoms with Gasteiger partial charge < -0.3 is 29.3 Å². The van der Waals surface area contributed by atoms with E-state index >= 15 is 0 Å². The van der Waals surface area contributed by atoms with E-state index in [0.29, 0.717) is 18.7 Å². The van der Waals surface area contributed by atoms with Gasteiger partial charge in [0.05, 0.1) is 28.8 Å². The van der Waals surface area contributed by atoms with Gasteiger partial charge in [-0.3, -0.25) is 4.79 Å². The first-order valence-electron chi connectivity index (χ1n) is 14.2. The van der Waals surface area contributed by atoms with Crippen molar-refractivity contribution < 1.29 is 50.1 Å². The number of carbonyl (C=O) groups excluding carboxylic acids is 1. The van der Waals surface area contributed by atoms with Crippen LogP contribution in [0.4, 0.5) is 36.4 Å². The van der Waals surface area contributed by atoms with Crippen LogP contribution in [0.3, 0.4) is 0 Å². The first kappa shape index (κ1) is 37.4. The number of ether oxygens (including phenoxy) is 2. The highest BCUT2D eigenvalue weighted by atomic mass is 19.4. The number of amides is 1. The molecule has 0 radical (unpaired) electrons. The zero-order valence-corrected chi connectivity index (χ0v) is 26.6. The van der Waals surface area contributed by atoms with Gasteiger partial charge in [-0.25, -0.2) is 9.37 Å². The Kier molecular flexibility index (Phi) is 11.8. The third-order valence-corrected chi connectivity index (χ3v) is 7.09. The van der Waals surface area contributed by atoms with Gasteiger partial charge in [-0.05, 0) is 89.6 Å². The maximum atomic E-state index is 14.3. The molecule has 3 aromatic rings. The maximum absolute atomic E-state index is 14.3. The normalized spacial score (nSPS) is 14.2. The number of hydrogen-bond acceptors (Lipinski definition) is 8. The summed E-state index contributed by atoms with van der Waals surface area (Å²) in [6.07, 6.45) is -11.1. The molecule has 258 valence electrons. The molecule has 2 unspecified atom stereocenters. The second kappa shape index (κ2) is 14.8. The van der Waals surface area contributed by atoms with E-state index in [9.17, 15) is 40.6 Å². The Labute approximate surface area is 267 Å². The Balaban J connectivity index is 2.18. The largest absolute Gasteiger partial charge is 0.462 e. The molecule has 0 spiro atoms. The Morgan fingerprint density at radius 2 is 1.45 bits per heavy atom. The summed E-state index contributed by atoms with van der Waals surface area (Å²) in [5, 5.41) is 10.8. The van der Waals surface area contributed by atoms with Gasteiger partial charge in [0.1, 0.15) is 23.9 Å². The van der Waals surface area contributed by atoms with Crippen molar-refractivity contribution in [3.63, 3.8) is 0 Å². The fourth-order valence-corrected chi connectivity index (χ4v) is 4.69. The highest BCUT2D eigenvalue weighted by Crippen LogP contribution is 2.42. The standard InChI is InChI=1S/C31H36F7N5O4/c1-29(16-23(44)18-42(4)5,19-13-20(30(33,34)35)15-21(14-19)31(36,37)38)27(45)43(6)25-17-39-28(46-12-11-41(2)3)40-26(25)47-24-9-7-22(32)8-10-24/h7-10,13-15,17,23,44H,11-12,16,18H2,1-6H3. The highest BCUT2D eigenvalue weighted by molar-refractivity contribution is 6.01. The fourth-order valence-electron chi connectivity index (χ4n) is 4.69. The molecule has 3 rings (SSSR count). The van der Waals surface area contributed by atoms with Gasteiger partial charge in [0.2, 0.25) is 11.8 Å².